The van der Waals surface area contributed by atoms with Gasteiger partial charge in [-0.2, -0.15) is 0 Å². The lowest BCUT2D eigenvalue weighted by Crippen LogP contribution is -2.07. The normalized spacial score (nSPS) is 13.1. The standard InChI is InChI=1S/C9H10O.C7H5NO/c1-2-6-9-8(4-1)5-3-7-10-9;1-2-4-7-6(3-1)8-5-9-7/h1-2,4,6H,3,5,7H2;1-5H. The molecule has 0 amide bonds. The number of aromatic nitrogens is 1. The third kappa shape index (κ3) is 2.76. The monoisotopic (exact) mass is 253 g/mol. The first-order valence-corrected chi connectivity index (χ1v) is 6.42. The Morgan fingerprint density at radius 3 is 2.68 bits per heavy atom. The molecule has 96 valence electrons. The Hall–Kier alpha value is -2.29. The van der Waals surface area contributed by atoms with Gasteiger partial charge in [0.1, 0.15) is 11.3 Å². The van der Waals surface area contributed by atoms with Gasteiger partial charge in [0.05, 0.1) is 6.61 Å². The summed E-state index contributed by atoms with van der Waals surface area (Å²) in [5.74, 6) is 1.08. The van der Waals surface area contributed by atoms with E-state index in [9.17, 15) is 0 Å². The van der Waals surface area contributed by atoms with Gasteiger partial charge in [-0.3, -0.25) is 0 Å². The van der Waals surface area contributed by atoms with Crippen LogP contribution in [0.15, 0.2) is 59.3 Å². The smallest absolute Gasteiger partial charge is 0.181 e. The van der Waals surface area contributed by atoms with Crippen LogP contribution < -0.4 is 4.74 Å². The zero-order chi connectivity index (χ0) is 12.9. The molecule has 0 fully saturated rings. The molecule has 0 N–H and O–H groups in total. The predicted molar refractivity (Wildman–Crippen MR) is 74.3 cm³/mol. The molecule has 0 saturated heterocycles. The average molecular weight is 253 g/mol. The lowest BCUT2D eigenvalue weighted by molar-refractivity contribution is 0.288. The summed E-state index contributed by atoms with van der Waals surface area (Å²) in [6.45, 7) is 0.886. The van der Waals surface area contributed by atoms with Crippen molar-refractivity contribution < 1.29 is 9.15 Å². The van der Waals surface area contributed by atoms with Gasteiger partial charge in [0, 0.05) is 0 Å². The largest absolute Gasteiger partial charge is 0.493 e. The summed E-state index contributed by atoms with van der Waals surface area (Å²) in [4.78, 5) is 3.95. The van der Waals surface area contributed by atoms with Gasteiger partial charge < -0.3 is 9.15 Å². The maximum atomic E-state index is 5.42. The second kappa shape index (κ2) is 5.57. The van der Waals surface area contributed by atoms with E-state index in [1.165, 1.54) is 18.4 Å². The molecule has 19 heavy (non-hydrogen) atoms. The second-order valence-electron chi connectivity index (χ2n) is 4.38. The van der Waals surface area contributed by atoms with Crippen LogP contribution in [0.2, 0.25) is 0 Å². The molecule has 2 aromatic carbocycles. The summed E-state index contributed by atoms with van der Waals surface area (Å²) < 4.78 is 10.4. The molecule has 1 aromatic heterocycles. The van der Waals surface area contributed by atoms with Crippen molar-refractivity contribution in [3.63, 3.8) is 0 Å². The Morgan fingerprint density at radius 1 is 0.947 bits per heavy atom. The van der Waals surface area contributed by atoms with Gasteiger partial charge in [-0.15, -0.1) is 0 Å². The topological polar surface area (TPSA) is 35.3 Å². The van der Waals surface area contributed by atoms with Crippen molar-refractivity contribution in [1.82, 2.24) is 4.98 Å². The number of ether oxygens (including phenoxy) is 1. The lowest BCUT2D eigenvalue weighted by Gasteiger charge is -2.15. The number of para-hydroxylation sites is 3. The van der Waals surface area contributed by atoms with E-state index in [1.54, 1.807) is 0 Å². The zero-order valence-corrected chi connectivity index (χ0v) is 10.6. The van der Waals surface area contributed by atoms with Gasteiger partial charge in [0.25, 0.3) is 0 Å². The Labute approximate surface area is 111 Å². The van der Waals surface area contributed by atoms with Crippen LogP contribution in [0.4, 0.5) is 0 Å². The molecule has 3 nitrogen and oxygen atoms in total. The Morgan fingerprint density at radius 2 is 1.79 bits per heavy atom. The van der Waals surface area contributed by atoms with Crippen LogP contribution in [0.3, 0.4) is 0 Å². The fourth-order valence-corrected chi connectivity index (χ4v) is 2.10. The molecular weight excluding hydrogens is 238 g/mol. The highest BCUT2D eigenvalue weighted by molar-refractivity contribution is 5.71. The van der Waals surface area contributed by atoms with Crippen molar-refractivity contribution in [1.29, 1.82) is 0 Å². The molecule has 0 aliphatic carbocycles. The first-order chi connectivity index (χ1) is 9.43. The molecule has 4 rings (SSSR count). The summed E-state index contributed by atoms with van der Waals surface area (Å²) >= 11 is 0. The minimum absolute atomic E-state index is 0.845. The zero-order valence-electron chi connectivity index (χ0n) is 10.6. The highest BCUT2D eigenvalue weighted by atomic mass is 16.5. The van der Waals surface area contributed by atoms with Crippen LogP contribution >= 0.6 is 0 Å². The summed E-state index contributed by atoms with van der Waals surface area (Å²) in [6, 6.07) is 15.9. The predicted octanol–water partition coefficient (Wildman–Crippen LogP) is 3.84. The first kappa shape index (κ1) is 11.8. The van der Waals surface area contributed by atoms with E-state index in [1.807, 2.05) is 36.4 Å². The molecule has 0 atom stereocenters. The molecule has 1 aliphatic heterocycles. The summed E-state index contributed by atoms with van der Waals surface area (Å²) in [6.07, 6.45) is 3.79. The molecule has 3 heteroatoms. The number of hydrogen-bond acceptors (Lipinski definition) is 3. The molecular formula is C16H15NO2. The van der Waals surface area contributed by atoms with Crippen molar-refractivity contribution in [3.05, 3.63) is 60.5 Å². The Bertz CT molecular complexity index is 605. The molecule has 0 bridgehead atoms. The van der Waals surface area contributed by atoms with Gasteiger partial charge in [0.2, 0.25) is 0 Å². The maximum Gasteiger partial charge on any atom is 0.181 e. The first-order valence-electron chi connectivity index (χ1n) is 6.42. The molecule has 0 unspecified atom stereocenters. The molecule has 0 radical (unpaired) electrons. The molecule has 0 spiro atoms. The molecule has 0 saturated carbocycles. The number of rotatable bonds is 0. The maximum absolute atomic E-state index is 5.42. The van der Waals surface area contributed by atoms with E-state index < -0.39 is 0 Å². The number of benzene rings is 2. The highest BCUT2D eigenvalue weighted by Crippen LogP contribution is 2.23. The van der Waals surface area contributed by atoms with E-state index in [4.69, 9.17) is 9.15 Å². The average Bonchev–Trinajstić information content (AvgIpc) is 2.96. The quantitative estimate of drug-likeness (QED) is 0.610. The minimum atomic E-state index is 0.845. The van der Waals surface area contributed by atoms with Crippen LogP contribution in [0.5, 0.6) is 5.75 Å². The fourth-order valence-electron chi connectivity index (χ4n) is 2.10. The van der Waals surface area contributed by atoms with E-state index >= 15 is 0 Å². The van der Waals surface area contributed by atoms with E-state index in [2.05, 4.69) is 17.1 Å². The number of nitrogens with zero attached hydrogens (tertiary/aromatic N) is 1. The Balaban J connectivity index is 0.000000117. The van der Waals surface area contributed by atoms with Crippen molar-refractivity contribution in [2.24, 2.45) is 0 Å². The third-order valence-electron chi connectivity index (χ3n) is 3.06. The van der Waals surface area contributed by atoms with E-state index in [0.717, 1.165) is 29.9 Å². The SMILES string of the molecule is c1ccc2c(c1)CCCO2.c1ccc2ocnc2c1. The summed E-state index contributed by atoms with van der Waals surface area (Å²) in [5.41, 5.74) is 3.11. The van der Waals surface area contributed by atoms with E-state index in [-0.39, 0.29) is 0 Å². The highest BCUT2D eigenvalue weighted by Gasteiger charge is 2.06. The van der Waals surface area contributed by atoms with Crippen molar-refractivity contribution in [3.8, 4) is 5.75 Å². The van der Waals surface area contributed by atoms with Gasteiger partial charge in [-0.1, -0.05) is 30.3 Å². The van der Waals surface area contributed by atoms with Crippen LogP contribution in [-0.4, -0.2) is 11.6 Å². The Kier molecular flexibility index (Phi) is 3.45. The van der Waals surface area contributed by atoms with Crippen molar-refractivity contribution in [2.75, 3.05) is 6.61 Å². The number of aryl methyl sites for hydroxylation is 1. The second-order valence-corrected chi connectivity index (χ2v) is 4.38. The molecule has 2 heterocycles. The fraction of sp³-hybridized carbons (Fsp3) is 0.188. The molecule has 1 aliphatic rings. The lowest BCUT2D eigenvalue weighted by atomic mass is 10.1. The van der Waals surface area contributed by atoms with Gasteiger partial charge in [-0.05, 0) is 36.6 Å². The van der Waals surface area contributed by atoms with Crippen LogP contribution in [-0.2, 0) is 6.42 Å². The molecule has 3 aromatic rings. The summed E-state index contributed by atoms with van der Waals surface area (Å²) in [7, 11) is 0. The summed E-state index contributed by atoms with van der Waals surface area (Å²) in [5, 5.41) is 0. The third-order valence-corrected chi connectivity index (χ3v) is 3.06. The minimum Gasteiger partial charge on any atom is -0.493 e. The van der Waals surface area contributed by atoms with Crippen LogP contribution in [0, 0.1) is 0 Å². The van der Waals surface area contributed by atoms with E-state index in [0.29, 0.717) is 0 Å². The number of fused-ring (bicyclic) bond motifs is 2. The van der Waals surface area contributed by atoms with Gasteiger partial charge >= 0.3 is 0 Å². The van der Waals surface area contributed by atoms with Gasteiger partial charge in [0.15, 0.2) is 12.0 Å². The van der Waals surface area contributed by atoms with Crippen LogP contribution in [0.25, 0.3) is 11.1 Å². The van der Waals surface area contributed by atoms with Crippen molar-refractivity contribution >= 4 is 11.1 Å². The van der Waals surface area contributed by atoms with Crippen molar-refractivity contribution in [2.45, 2.75) is 12.8 Å². The number of oxazole rings is 1. The van der Waals surface area contributed by atoms with Crippen LogP contribution in [0.1, 0.15) is 12.0 Å². The number of hydrogen-bond donors (Lipinski definition) is 0. The van der Waals surface area contributed by atoms with Gasteiger partial charge in [-0.25, -0.2) is 4.98 Å².